The number of nitrogens with zero attached hydrogens (tertiary/aromatic N) is 2. The zero-order valence-electron chi connectivity index (χ0n) is 9.86. The van der Waals surface area contributed by atoms with Crippen LogP contribution in [0, 0.1) is 17.2 Å². The highest BCUT2D eigenvalue weighted by Crippen LogP contribution is 2.36. The monoisotopic (exact) mass is 293 g/mol. The van der Waals surface area contributed by atoms with Crippen LogP contribution in [0.3, 0.4) is 0 Å². The molecule has 2 N–H and O–H groups in total. The summed E-state index contributed by atoms with van der Waals surface area (Å²) in [6, 6.07) is 8.38. The normalized spacial score (nSPS) is 16.4. The summed E-state index contributed by atoms with van der Waals surface area (Å²) < 4.78 is 0.843. The standard InChI is InChI=1S/C13H16BrN3/c1-17(13(8-16)9-2-3-9)11-5-4-10(7-15)12(14)6-11/h4-6,9,13H,2-3,8,16H2,1H3. The first-order valence-corrected chi connectivity index (χ1v) is 6.59. The molecule has 0 spiro atoms. The molecule has 3 nitrogen and oxygen atoms in total. The van der Waals surface area contributed by atoms with Gasteiger partial charge in [0.05, 0.1) is 5.56 Å². The molecule has 1 unspecified atom stereocenters. The van der Waals surface area contributed by atoms with Gasteiger partial charge in [0.1, 0.15) is 6.07 Å². The Hall–Kier alpha value is -1.05. The van der Waals surface area contributed by atoms with Crippen LogP contribution in [0.4, 0.5) is 5.69 Å². The Morgan fingerprint density at radius 2 is 2.29 bits per heavy atom. The first-order valence-electron chi connectivity index (χ1n) is 5.80. The molecule has 1 aromatic rings. The van der Waals surface area contributed by atoms with E-state index in [0.29, 0.717) is 18.2 Å². The summed E-state index contributed by atoms with van der Waals surface area (Å²) in [6.07, 6.45) is 2.56. The Kier molecular flexibility index (Phi) is 3.70. The van der Waals surface area contributed by atoms with Gasteiger partial charge in [-0.25, -0.2) is 0 Å². The average molecular weight is 294 g/mol. The van der Waals surface area contributed by atoms with Crippen LogP contribution in [-0.2, 0) is 0 Å². The molecule has 2 rings (SSSR count). The van der Waals surface area contributed by atoms with E-state index >= 15 is 0 Å². The van der Waals surface area contributed by atoms with E-state index in [1.54, 1.807) is 0 Å². The van der Waals surface area contributed by atoms with Crippen molar-refractivity contribution >= 4 is 21.6 Å². The average Bonchev–Trinajstić information content (AvgIpc) is 3.14. The van der Waals surface area contributed by atoms with Gasteiger partial charge in [-0.2, -0.15) is 5.26 Å². The second kappa shape index (κ2) is 5.07. The van der Waals surface area contributed by atoms with Gasteiger partial charge in [0.2, 0.25) is 0 Å². The quantitative estimate of drug-likeness (QED) is 0.928. The van der Waals surface area contributed by atoms with E-state index < -0.39 is 0 Å². The van der Waals surface area contributed by atoms with E-state index in [2.05, 4.69) is 33.9 Å². The van der Waals surface area contributed by atoms with E-state index in [9.17, 15) is 0 Å². The van der Waals surface area contributed by atoms with Crippen LogP contribution in [0.25, 0.3) is 0 Å². The fourth-order valence-corrected chi connectivity index (χ4v) is 2.61. The predicted octanol–water partition coefficient (Wildman–Crippen LogP) is 2.49. The minimum absolute atomic E-state index is 0.412. The number of hydrogen-bond acceptors (Lipinski definition) is 3. The van der Waals surface area contributed by atoms with Crippen molar-refractivity contribution in [1.29, 1.82) is 5.26 Å². The molecule has 1 aromatic carbocycles. The Morgan fingerprint density at radius 1 is 1.59 bits per heavy atom. The number of nitriles is 1. The van der Waals surface area contributed by atoms with Crippen molar-refractivity contribution in [2.75, 3.05) is 18.5 Å². The smallest absolute Gasteiger partial charge is 0.100 e. The number of benzene rings is 1. The van der Waals surface area contributed by atoms with Crippen LogP contribution < -0.4 is 10.6 Å². The van der Waals surface area contributed by atoms with E-state index in [1.165, 1.54) is 12.8 Å². The number of likely N-dealkylation sites (N-methyl/N-ethyl adjacent to an activating group) is 1. The van der Waals surface area contributed by atoms with Gasteiger partial charge in [-0.05, 0) is 52.9 Å². The Balaban J connectivity index is 2.21. The molecule has 1 aliphatic rings. The molecular weight excluding hydrogens is 278 g/mol. The number of rotatable bonds is 4. The highest BCUT2D eigenvalue weighted by Gasteiger charge is 2.33. The zero-order valence-corrected chi connectivity index (χ0v) is 11.4. The molecule has 0 heterocycles. The molecule has 17 heavy (non-hydrogen) atoms. The summed E-state index contributed by atoms with van der Waals surface area (Å²) in [5.74, 6) is 0.736. The number of hydrogen-bond donors (Lipinski definition) is 1. The summed E-state index contributed by atoms with van der Waals surface area (Å²) in [5.41, 5.74) is 7.61. The van der Waals surface area contributed by atoms with Crippen LogP contribution in [0.5, 0.6) is 0 Å². The van der Waals surface area contributed by atoms with Gasteiger partial charge in [-0.1, -0.05) is 0 Å². The van der Waals surface area contributed by atoms with Gasteiger partial charge in [-0.15, -0.1) is 0 Å². The fourth-order valence-electron chi connectivity index (χ4n) is 2.15. The van der Waals surface area contributed by atoms with Crippen molar-refractivity contribution in [1.82, 2.24) is 0 Å². The Bertz CT molecular complexity index is 448. The van der Waals surface area contributed by atoms with Crippen molar-refractivity contribution in [3.63, 3.8) is 0 Å². The molecular formula is C13H16BrN3. The summed E-state index contributed by atoms with van der Waals surface area (Å²) in [5, 5.41) is 8.89. The third kappa shape index (κ3) is 2.62. The van der Waals surface area contributed by atoms with E-state index in [0.717, 1.165) is 16.1 Å². The van der Waals surface area contributed by atoms with Gasteiger partial charge in [0, 0.05) is 29.8 Å². The maximum absolute atomic E-state index is 8.89. The molecule has 1 atom stereocenters. The number of nitrogens with two attached hydrogens (primary N) is 1. The minimum atomic E-state index is 0.412. The van der Waals surface area contributed by atoms with Gasteiger partial charge in [0.15, 0.2) is 0 Å². The molecule has 0 radical (unpaired) electrons. The molecule has 0 saturated heterocycles. The van der Waals surface area contributed by atoms with Crippen molar-refractivity contribution in [2.24, 2.45) is 11.7 Å². The van der Waals surface area contributed by atoms with Crippen LogP contribution in [0.1, 0.15) is 18.4 Å². The van der Waals surface area contributed by atoms with E-state index in [1.807, 2.05) is 18.2 Å². The molecule has 90 valence electrons. The fraction of sp³-hybridized carbons (Fsp3) is 0.462. The van der Waals surface area contributed by atoms with Crippen molar-refractivity contribution in [2.45, 2.75) is 18.9 Å². The molecule has 1 fully saturated rings. The molecule has 1 saturated carbocycles. The summed E-state index contributed by atoms with van der Waals surface area (Å²) in [6.45, 7) is 0.679. The molecule has 0 bridgehead atoms. The topological polar surface area (TPSA) is 53.0 Å². The zero-order chi connectivity index (χ0) is 12.4. The number of halogens is 1. The van der Waals surface area contributed by atoms with Crippen LogP contribution in [0.15, 0.2) is 22.7 Å². The third-order valence-corrected chi connectivity index (χ3v) is 4.04. The van der Waals surface area contributed by atoms with E-state index in [4.69, 9.17) is 11.0 Å². The predicted molar refractivity (Wildman–Crippen MR) is 72.8 cm³/mol. The SMILES string of the molecule is CN(c1ccc(C#N)c(Br)c1)C(CN)C1CC1. The lowest BCUT2D eigenvalue weighted by molar-refractivity contribution is 0.570. The van der Waals surface area contributed by atoms with Gasteiger partial charge in [-0.3, -0.25) is 0 Å². The van der Waals surface area contributed by atoms with Crippen molar-refractivity contribution < 1.29 is 0 Å². The summed E-state index contributed by atoms with van der Waals surface area (Å²) >= 11 is 3.42. The maximum Gasteiger partial charge on any atom is 0.100 e. The lowest BCUT2D eigenvalue weighted by atomic mass is 10.1. The first kappa shape index (κ1) is 12.4. The second-order valence-corrected chi connectivity index (χ2v) is 5.38. The van der Waals surface area contributed by atoms with Crippen molar-refractivity contribution in [3.8, 4) is 6.07 Å². The molecule has 0 amide bonds. The minimum Gasteiger partial charge on any atom is -0.370 e. The largest absolute Gasteiger partial charge is 0.370 e. The second-order valence-electron chi connectivity index (χ2n) is 4.53. The van der Waals surface area contributed by atoms with Gasteiger partial charge < -0.3 is 10.6 Å². The van der Waals surface area contributed by atoms with E-state index in [-0.39, 0.29) is 0 Å². The lowest BCUT2D eigenvalue weighted by Crippen LogP contribution is -2.39. The summed E-state index contributed by atoms with van der Waals surface area (Å²) in [7, 11) is 2.07. The lowest BCUT2D eigenvalue weighted by Gasteiger charge is -2.29. The Morgan fingerprint density at radius 3 is 2.76 bits per heavy atom. The van der Waals surface area contributed by atoms with Crippen LogP contribution >= 0.6 is 15.9 Å². The molecule has 4 heteroatoms. The highest BCUT2D eigenvalue weighted by atomic mass is 79.9. The van der Waals surface area contributed by atoms with Crippen molar-refractivity contribution in [3.05, 3.63) is 28.2 Å². The Labute approximate surface area is 110 Å². The number of anilines is 1. The molecule has 0 aliphatic heterocycles. The first-order chi connectivity index (χ1) is 8.17. The summed E-state index contributed by atoms with van der Waals surface area (Å²) in [4.78, 5) is 2.23. The molecule has 0 aromatic heterocycles. The van der Waals surface area contributed by atoms with Crippen LogP contribution in [-0.4, -0.2) is 19.6 Å². The highest BCUT2D eigenvalue weighted by molar-refractivity contribution is 9.10. The van der Waals surface area contributed by atoms with Gasteiger partial charge in [0.25, 0.3) is 0 Å². The molecule has 1 aliphatic carbocycles. The maximum atomic E-state index is 8.89. The third-order valence-electron chi connectivity index (χ3n) is 3.39. The van der Waals surface area contributed by atoms with Crippen LogP contribution in [0.2, 0.25) is 0 Å². The van der Waals surface area contributed by atoms with Gasteiger partial charge >= 0.3 is 0 Å².